The smallest absolute Gasteiger partial charge is 0.480 e. The Kier molecular flexibility index (Phi) is 12.1. The van der Waals surface area contributed by atoms with E-state index in [9.17, 15) is 32.7 Å². The summed E-state index contributed by atoms with van der Waals surface area (Å²) in [6.45, 7) is 2.13. The van der Waals surface area contributed by atoms with Crippen LogP contribution in [0.2, 0.25) is 10.0 Å². The molecule has 0 radical (unpaired) electrons. The summed E-state index contributed by atoms with van der Waals surface area (Å²) < 4.78 is 33.1. The average molecular weight is 567 g/mol. The molecular formula is C22H23Cl2F3N4O6. The Morgan fingerprint density at radius 2 is 1.73 bits per heavy atom. The summed E-state index contributed by atoms with van der Waals surface area (Å²) in [5.74, 6) is -4.31. The number of pyridine rings is 1. The maximum absolute atomic E-state index is 12.7. The average Bonchev–Trinajstić information content (AvgIpc) is 2.76. The SMILES string of the molecule is CC(N)=NCCC[C@H](NC(=O)c1cccn(Cc2cc(Cl)cc(Cl)c2)c1=O)C(=O)O.O=C(O)C(F)(F)F. The van der Waals surface area contributed by atoms with E-state index in [1.807, 2.05) is 0 Å². The third kappa shape index (κ3) is 11.3. The highest BCUT2D eigenvalue weighted by atomic mass is 35.5. The van der Waals surface area contributed by atoms with Gasteiger partial charge in [0.2, 0.25) is 0 Å². The first-order valence-corrected chi connectivity index (χ1v) is 11.1. The van der Waals surface area contributed by atoms with Crippen LogP contribution >= 0.6 is 23.2 Å². The molecule has 202 valence electrons. The van der Waals surface area contributed by atoms with Gasteiger partial charge < -0.3 is 25.8 Å². The van der Waals surface area contributed by atoms with Gasteiger partial charge in [0, 0.05) is 22.8 Å². The van der Waals surface area contributed by atoms with Crippen molar-refractivity contribution in [2.75, 3.05) is 6.54 Å². The molecule has 1 aromatic heterocycles. The predicted molar refractivity (Wildman–Crippen MR) is 130 cm³/mol. The van der Waals surface area contributed by atoms with Crippen molar-refractivity contribution in [3.63, 3.8) is 0 Å². The molecule has 0 aliphatic carbocycles. The number of benzene rings is 1. The highest BCUT2D eigenvalue weighted by molar-refractivity contribution is 6.34. The van der Waals surface area contributed by atoms with Crippen LogP contribution < -0.4 is 16.6 Å². The minimum atomic E-state index is -5.08. The van der Waals surface area contributed by atoms with E-state index in [1.165, 1.54) is 22.9 Å². The van der Waals surface area contributed by atoms with E-state index in [0.29, 0.717) is 34.4 Å². The summed E-state index contributed by atoms with van der Waals surface area (Å²) >= 11 is 12.0. The van der Waals surface area contributed by atoms with E-state index in [0.717, 1.165) is 0 Å². The Balaban J connectivity index is 0.000000856. The van der Waals surface area contributed by atoms with Gasteiger partial charge in [-0.15, -0.1) is 0 Å². The maximum atomic E-state index is 12.7. The minimum absolute atomic E-state index is 0.152. The van der Waals surface area contributed by atoms with Crippen molar-refractivity contribution in [3.8, 4) is 0 Å². The molecule has 0 fully saturated rings. The van der Waals surface area contributed by atoms with Gasteiger partial charge in [0.15, 0.2) is 0 Å². The lowest BCUT2D eigenvalue weighted by Gasteiger charge is -2.14. The molecule has 2 rings (SSSR count). The summed E-state index contributed by atoms with van der Waals surface area (Å²) in [6.07, 6.45) is -2.99. The second-order valence-corrected chi connectivity index (χ2v) is 8.34. The molecule has 0 spiro atoms. The topological polar surface area (TPSA) is 164 Å². The van der Waals surface area contributed by atoms with Crippen molar-refractivity contribution in [1.82, 2.24) is 9.88 Å². The molecule has 1 amide bonds. The lowest BCUT2D eigenvalue weighted by molar-refractivity contribution is -0.192. The number of halogens is 5. The van der Waals surface area contributed by atoms with Gasteiger partial charge in [-0.1, -0.05) is 23.2 Å². The molecular weight excluding hydrogens is 544 g/mol. The standard InChI is InChI=1S/C20H22Cl2N4O4.C2HF3O2/c1-12(23)24-6-2-5-17(20(29)30)25-18(27)16-4-3-7-26(19(16)28)11-13-8-14(21)10-15(22)9-13;3-2(4,5)1(6)7/h3-4,7-10,17H,2,5-6,11H2,1H3,(H2,23,24)(H,25,27)(H,29,30);(H,6,7)/t17-;/m0./s1. The third-order valence-electron chi connectivity index (χ3n) is 4.40. The second kappa shape index (κ2) is 14.2. The molecule has 10 nitrogen and oxygen atoms in total. The zero-order valence-corrected chi connectivity index (χ0v) is 20.8. The van der Waals surface area contributed by atoms with Crippen molar-refractivity contribution >= 4 is 46.9 Å². The first-order valence-electron chi connectivity index (χ1n) is 10.4. The Bertz CT molecular complexity index is 1190. The molecule has 0 bridgehead atoms. The van der Waals surface area contributed by atoms with E-state index in [-0.39, 0.29) is 18.5 Å². The number of hydrogen-bond donors (Lipinski definition) is 4. The number of amidine groups is 1. The summed E-state index contributed by atoms with van der Waals surface area (Å²) in [7, 11) is 0. The van der Waals surface area contributed by atoms with Crippen molar-refractivity contribution in [1.29, 1.82) is 0 Å². The lowest BCUT2D eigenvalue weighted by atomic mass is 10.1. The fraction of sp³-hybridized carbons (Fsp3) is 0.318. The molecule has 0 aliphatic heterocycles. The van der Waals surface area contributed by atoms with Gasteiger partial charge in [0.25, 0.3) is 11.5 Å². The van der Waals surface area contributed by atoms with E-state index >= 15 is 0 Å². The molecule has 15 heteroatoms. The number of carboxylic acid groups (broad SMARTS) is 2. The molecule has 0 aliphatic rings. The molecule has 0 saturated heterocycles. The van der Waals surface area contributed by atoms with Gasteiger partial charge in [-0.2, -0.15) is 13.2 Å². The number of nitrogens with zero attached hydrogens (tertiary/aromatic N) is 2. The number of amides is 1. The van der Waals surface area contributed by atoms with Crippen LogP contribution in [-0.2, 0) is 16.1 Å². The predicted octanol–water partition coefficient (Wildman–Crippen LogP) is 3.18. The highest BCUT2D eigenvalue weighted by Gasteiger charge is 2.38. The maximum Gasteiger partial charge on any atom is 0.490 e. The summed E-state index contributed by atoms with van der Waals surface area (Å²) in [5, 5.41) is 19.7. The molecule has 37 heavy (non-hydrogen) atoms. The van der Waals surface area contributed by atoms with Crippen molar-refractivity contribution < 1.29 is 37.8 Å². The first-order chi connectivity index (χ1) is 17.1. The van der Waals surface area contributed by atoms with E-state index in [1.54, 1.807) is 25.1 Å². The number of alkyl halides is 3. The van der Waals surface area contributed by atoms with E-state index in [2.05, 4.69) is 10.3 Å². The van der Waals surface area contributed by atoms with Gasteiger partial charge in [-0.05, 0) is 55.7 Å². The van der Waals surface area contributed by atoms with Crippen molar-refractivity contribution in [3.05, 3.63) is 68.1 Å². The van der Waals surface area contributed by atoms with Crippen molar-refractivity contribution in [2.45, 2.75) is 38.5 Å². The highest BCUT2D eigenvalue weighted by Crippen LogP contribution is 2.19. The van der Waals surface area contributed by atoms with Crippen LogP contribution in [0.3, 0.4) is 0 Å². The fourth-order valence-electron chi connectivity index (χ4n) is 2.78. The monoisotopic (exact) mass is 566 g/mol. The van der Waals surface area contributed by atoms with Crippen LogP contribution in [-0.4, -0.2) is 57.2 Å². The zero-order chi connectivity index (χ0) is 28.3. The Morgan fingerprint density at radius 3 is 2.22 bits per heavy atom. The van der Waals surface area contributed by atoms with Gasteiger partial charge in [0.1, 0.15) is 11.6 Å². The molecule has 1 heterocycles. The quantitative estimate of drug-likeness (QED) is 0.205. The number of carbonyl (C=O) groups is 3. The van der Waals surface area contributed by atoms with Crippen LogP contribution in [0.5, 0.6) is 0 Å². The normalized spacial score (nSPS) is 12.2. The van der Waals surface area contributed by atoms with Crippen LogP contribution in [0.15, 0.2) is 46.3 Å². The largest absolute Gasteiger partial charge is 0.490 e. The Hall–Kier alpha value is -3.58. The first kappa shape index (κ1) is 31.4. The molecule has 1 aromatic carbocycles. The molecule has 1 atom stereocenters. The number of nitrogens with two attached hydrogens (primary N) is 1. The van der Waals surface area contributed by atoms with Gasteiger partial charge in [-0.3, -0.25) is 14.6 Å². The molecule has 5 N–H and O–H groups in total. The van der Waals surface area contributed by atoms with E-state index < -0.39 is 35.6 Å². The lowest BCUT2D eigenvalue weighted by Crippen LogP contribution is -2.43. The fourth-order valence-corrected chi connectivity index (χ4v) is 3.35. The van der Waals surface area contributed by atoms with Gasteiger partial charge >= 0.3 is 18.1 Å². The van der Waals surface area contributed by atoms with Crippen LogP contribution in [0, 0.1) is 0 Å². The molecule has 2 aromatic rings. The van der Waals surface area contributed by atoms with E-state index in [4.69, 9.17) is 38.8 Å². The number of rotatable bonds is 9. The Labute approximate surface area is 218 Å². The number of carbonyl (C=O) groups excluding carboxylic acids is 1. The second-order valence-electron chi connectivity index (χ2n) is 7.47. The minimum Gasteiger partial charge on any atom is -0.480 e. The summed E-state index contributed by atoms with van der Waals surface area (Å²) in [4.78, 5) is 49.6. The number of aromatic nitrogens is 1. The number of aliphatic imine (C=N–C) groups is 1. The third-order valence-corrected chi connectivity index (χ3v) is 4.83. The molecule has 0 saturated carbocycles. The van der Waals surface area contributed by atoms with Crippen LogP contribution in [0.25, 0.3) is 0 Å². The summed E-state index contributed by atoms with van der Waals surface area (Å²) in [5.41, 5.74) is 5.41. The number of aliphatic carboxylic acids is 2. The summed E-state index contributed by atoms with van der Waals surface area (Å²) in [6, 6.07) is 6.64. The van der Waals surface area contributed by atoms with Gasteiger partial charge in [-0.25, -0.2) is 9.59 Å². The Morgan fingerprint density at radius 1 is 1.16 bits per heavy atom. The number of hydrogen-bond acceptors (Lipinski definition) is 5. The zero-order valence-electron chi connectivity index (χ0n) is 19.3. The molecule has 0 unspecified atom stereocenters. The number of carboxylic acids is 2. The van der Waals surface area contributed by atoms with Gasteiger partial charge in [0.05, 0.1) is 12.4 Å². The van der Waals surface area contributed by atoms with Crippen LogP contribution in [0.1, 0.15) is 35.7 Å². The number of nitrogens with one attached hydrogen (secondary N) is 1. The van der Waals surface area contributed by atoms with Crippen molar-refractivity contribution in [2.24, 2.45) is 10.7 Å². The van der Waals surface area contributed by atoms with Crippen LogP contribution in [0.4, 0.5) is 13.2 Å².